The summed E-state index contributed by atoms with van der Waals surface area (Å²) in [6.07, 6.45) is 0. The van der Waals surface area contributed by atoms with Crippen LogP contribution in [-0.2, 0) is 14.3 Å². The lowest BCUT2D eigenvalue weighted by Crippen LogP contribution is -2.34. The molecule has 0 heterocycles. The molecule has 0 saturated carbocycles. The van der Waals surface area contributed by atoms with Gasteiger partial charge < -0.3 is 19.3 Å². The third-order valence-corrected chi connectivity index (χ3v) is 3.88. The normalized spacial score (nSPS) is 11.2. The highest BCUT2D eigenvalue weighted by molar-refractivity contribution is 14.1. The Kier molecular flexibility index (Phi) is 7.86. The summed E-state index contributed by atoms with van der Waals surface area (Å²) in [5.74, 6) is -7.43. The van der Waals surface area contributed by atoms with Crippen molar-refractivity contribution >= 4 is 57.1 Å². The van der Waals surface area contributed by atoms with E-state index in [-0.39, 0.29) is 24.5 Å². The predicted molar refractivity (Wildman–Crippen MR) is 92.1 cm³/mol. The summed E-state index contributed by atoms with van der Waals surface area (Å²) in [6.45, 7) is -1.13. The second kappa shape index (κ2) is 8.92. The predicted octanol–water partition coefficient (Wildman–Crippen LogP) is 2.80. The van der Waals surface area contributed by atoms with Gasteiger partial charge in [-0.2, -0.15) is 8.78 Å². The molecule has 1 rings (SSSR count). The fourth-order valence-corrected chi connectivity index (χ4v) is 3.38. The number of esters is 1. The summed E-state index contributed by atoms with van der Waals surface area (Å²) < 4.78 is 41.9. The van der Waals surface area contributed by atoms with Crippen molar-refractivity contribution < 1.29 is 37.7 Å². The smallest absolute Gasteiger partial charge is 0.378 e. The van der Waals surface area contributed by atoms with Gasteiger partial charge in [-0.1, -0.05) is 0 Å². The first kappa shape index (κ1) is 20.3. The van der Waals surface area contributed by atoms with Crippen molar-refractivity contribution in [1.82, 2.24) is 0 Å². The number of ether oxygens (including phenoxy) is 3. The maximum Gasteiger partial charge on any atom is 0.378 e. The zero-order valence-electron chi connectivity index (χ0n) is 11.8. The number of carbonyl (C=O) groups is 2. The van der Waals surface area contributed by atoms with Gasteiger partial charge in [-0.05, 0) is 57.3 Å². The Morgan fingerprint density at radius 2 is 1.91 bits per heavy atom. The summed E-state index contributed by atoms with van der Waals surface area (Å²) in [7, 11) is 1.48. The highest BCUT2D eigenvalue weighted by Crippen LogP contribution is 2.29. The molecule has 1 N–H and O–H groups in total. The Balaban J connectivity index is 2.96. The number of aliphatic carboxylic acids is 1. The van der Waals surface area contributed by atoms with Gasteiger partial charge in [-0.25, -0.2) is 9.59 Å². The number of carboxylic acid groups (broad SMARTS) is 1. The molecule has 0 unspecified atom stereocenters. The number of methoxy groups -OCH3 is 1. The zero-order valence-corrected chi connectivity index (χ0v) is 16.1. The molecule has 128 valence electrons. The number of alkyl halides is 2. The van der Waals surface area contributed by atoms with Crippen molar-refractivity contribution in [2.75, 3.05) is 26.9 Å². The van der Waals surface area contributed by atoms with Crippen molar-refractivity contribution in [2.24, 2.45) is 0 Å². The van der Waals surface area contributed by atoms with Crippen LogP contribution in [0, 0.1) is 7.14 Å². The average molecular weight is 556 g/mol. The minimum Gasteiger partial charge on any atom is -0.489 e. The van der Waals surface area contributed by atoms with Gasteiger partial charge in [-0.3, -0.25) is 0 Å². The van der Waals surface area contributed by atoms with E-state index in [1.54, 1.807) is 6.07 Å². The fraction of sp³-hybridized carbons (Fsp3) is 0.385. The molecule has 0 fully saturated rings. The van der Waals surface area contributed by atoms with Crippen LogP contribution in [0.4, 0.5) is 8.78 Å². The van der Waals surface area contributed by atoms with Gasteiger partial charge in [0.1, 0.15) is 17.9 Å². The SMILES string of the molecule is COCCOc1c(I)cc(I)cc1C(=O)OCC(F)(F)C(=O)O. The lowest BCUT2D eigenvalue weighted by atomic mass is 10.2. The molecule has 0 radical (unpaired) electrons. The molecule has 1 aromatic rings. The third kappa shape index (κ3) is 5.99. The maximum absolute atomic E-state index is 13.0. The quantitative estimate of drug-likeness (QED) is 0.302. The summed E-state index contributed by atoms with van der Waals surface area (Å²) in [5.41, 5.74) is -0.0569. The standard InChI is InChI=1S/C13H12F2I2O6/c1-21-2-3-22-10-8(4-7(16)5-9(10)17)11(18)23-6-13(14,15)12(19)20/h4-5H,2-3,6H2,1H3,(H,19,20). The first-order valence-corrected chi connectivity index (χ1v) is 8.24. The number of halogens is 4. The van der Waals surface area contributed by atoms with Gasteiger partial charge in [-0.15, -0.1) is 0 Å². The number of rotatable bonds is 8. The van der Waals surface area contributed by atoms with Crippen molar-refractivity contribution in [3.8, 4) is 5.75 Å². The van der Waals surface area contributed by atoms with E-state index in [1.165, 1.54) is 13.2 Å². The van der Waals surface area contributed by atoms with Crippen LogP contribution in [0.25, 0.3) is 0 Å². The summed E-state index contributed by atoms with van der Waals surface area (Å²) >= 11 is 3.88. The molecule has 0 spiro atoms. The highest BCUT2D eigenvalue weighted by Gasteiger charge is 2.40. The minimum atomic E-state index is -4.15. The average Bonchev–Trinajstić information content (AvgIpc) is 2.46. The molecular weight excluding hydrogens is 544 g/mol. The van der Waals surface area contributed by atoms with Crippen LogP contribution in [0.3, 0.4) is 0 Å². The number of hydrogen-bond acceptors (Lipinski definition) is 5. The van der Waals surface area contributed by atoms with E-state index in [4.69, 9.17) is 14.6 Å². The number of carbonyl (C=O) groups excluding carboxylic acids is 1. The van der Waals surface area contributed by atoms with Crippen molar-refractivity contribution in [2.45, 2.75) is 5.92 Å². The topological polar surface area (TPSA) is 82.1 Å². The Morgan fingerprint density at radius 3 is 2.48 bits per heavy atom. The second-order valence-corrected chi connectivity index (χ2v) is 6.60. The largest absolute Gasteiger partial charge is 0.489 e. The molecule has 0 aromatic heterocycles. The van der Waals surface area contributed by atoms with Crippen LogP contribution in [0.5, 0.6) is 5.75 Å². The number of hydrogen-bond donors (Lipinski definition) is 1. The number of benzene rings is 1. The summed E-state index contributed by atoms with van der Waals surface area (Å²) in [4.78, 5) is 22.3. The van der Waals surface area contributed by atoms with Crippen molar-refractivity contribution in [3.05, 3.63) is 24.8 Å². The van der Waals surface area contributed by atoms with Gasteiger partial charge in [0.05, 0.1) is 10.2 Å². The fourth-order valence-electron chi connectivity index (χ4n) is 1.38. The Hall–Kier alpha value is -0.760. The van der Waals surface area contributed by atoms with Crippen LogP contribution in [-0.4, -0.2) is 49.9 Å². The minimum absolute atomic E-state index is 0.0569. The lowest BCUT2D eigenvalue weighted by molar-refractivity contribution is -0.170. The van der Waals surface area contributed by atoms with E-state index in [2.05, 4.69) is 4.74 Å². The molecular formula is C13H12F2I2O6. The molecule has 0 aliphatic rings. The molecule has 0 saturated heterocycles. The van der Waals surface area contributed by atoms with Gasteiger partial charge in [0.2, 0.25) is 0 Å². The molecule has 0 bridgehead atoms. The van der Waals surface area contributed by atoms with Crippen LogP contribution in [0.2, 0.25) is 0 Å². The highest BCUT2D eigenvalue weighted by atomic mass is 127. The van der Waals surface area contributed by atoms with E-state index < -0.39 is 24.5 Å². The van der Waals surface area contributed by atoms with Gasteiger partial charge in [0.15, 0.2) is 6.61 Å². The van der Waals surface area contributed by atoms with E-state index >= 15 is 0 Å². The number of carboxylic acids is 1. The zero-order chi connectivity index (χ0) is 17.6. The molecule has 0 atom stereocenters. The van der Waals surface area contributed by atoms with Gasteiger partial charge in [0.25, 0.3) is 0 Å². The molecule has 10 heteroatoms. The summed E-state index contributed by atoms with van der Waals surface area (Å²) in [6, 6.07) is 3.14. The lowest BCUT2D eigenvalue weighted by Gasteiger charge is -2.15. The van der Waals surface area contributed by atoms with Crippen molar-refractivity contribution in [1.29, 1.82) is 0 Å². The van der Waals surface area contributed by atoms with Crippen LogP contribution < -0.4 is 4.74 Å². The first-order valence-electron chi connectivity index (χ1n) is 6.08. The van der Waals surface area contributed by atoms with Gasteiger partial charge in [0, 0.05) is 10.7 Å². The summed E-state index contributed by atoms with van der Waals surface area (Å²) in [5, 5.41) is 8.33. The van der Waals surface area contributed by atoms with Crippen LogP contribution in [0.1, 0.15) is 10.4 Å². The molecule has 0 aliphatic heterocycles. The van der Waals surface area contributed by atoms with Crippen LogP contribution in [0.15, 0.2) is 12.1 Å². The third-order valence-electron chi connectivity index (χ3n) is 2.46. The molecule has 1 aromatic carbocycles. The second-order valence-electron chi connectivity index (χ2n) is 4.19. The molecule has 0 aliphatic carbocycles. The van der Waals surface area contributed by atoms with E-state index in [1.807, 2.05) is 45.2 Å². The Morgan fingerprint density at radius 1 is 1.26 bits per heavy atom. The Labute approximate surface area is 157 Å². The van der Waals surface area contributed by atoms with E-state index in [0.29, 0.717) is 7.14 Å². The van der Waals surface area contributed by atoms with E-state index in [0.717, 1.165) is 0 Å². The monoisotopic (exact) mass is 556 g/mol. The van der Waals surface area contributed by atoms with Crippen LogP contribution >= 0.6 is 45.2 Å². The van der Waals surface area contributed by atoms with Crippen molar-refractivity contribution in [3.63, 3.8) is 0 Å². The molecule has 23 heavy (non-hydrogen) atoms. The molecule has 0 amide bonds. The first-order chi connectivity index (χ1) is 10.7. The molecule has 6 nitrogen and oxygen atoms in total. The Bertz CT molecular complexity index is 594. The van der Waals surface area contributed by atoms with Gasteiger partial charge >= 0.3 is 17.9 Å². The van der Waals surface area contributed by atoms with E-state index in [9.17, 15) is 18.4 Å². The maximum atomic E-state index is 13.0.